The molecule has 1 amide bonds. The number of rotatable bonds is 4. The zero-order chi connectivity index (χ0) is 14.5. The number of aromatic nitrogens is 1. The SMILES string of the molecule is Cl.Cl.O=C(CC1COCCN1)NCc1cccc2cccnc12. The average Bonchev–Trinajstić information content (AvgIpc) is 2.54. The van der Waals surface area contributed by atoms with Crippen LogP contribution >= 0.6 is 24.8 Å². The van der Waals surface area contributed by atoms with Gasteiger partial charge in [-0.15, -0.1) is 24.8 Å². The third-order valence-electron chi connectivity index (χ3n) is 3.62. The Labute approximate surface area is 148 Å². The molecule has 1 unspecified atom stereocenters. The summed E-state index contributed by atoms with van der Waals surface area (Å²) in [6.45, 7) is 2.63. The molecule has 1 aliphatic heterocycles. The summed E-state index contributed by atoms with van der Waals surface area (Å²) in [5.74, 6) is 0.0333. The highest BCUT2D eigenvalue weighted by Gasteiger charge is 2.16. The minimum atomic E-state index is 0. The maximum atomic E-state index is 12.0. The van der Waals surface area contributed by atoms with Gasteiger partial charge in [0.1, 0.15) is 0 Å². The highest BCUT2D eigenvalue weighted by Crippen LogP contribution is 2.15. The van der Waals surface area contributed by atoms with Gasteiger partial charge in [-0.2, -0.15) is 0 Å². The van der Waals surface area contributed by atoms with Crippen molar-refractivity contribution >= 4 is 41.6 Å². The van der Waals surface area contributed by atoms with E-state index in [1.54, 1.807) is 6.20 Å². The molecule has 1 aliphatic rings. The number of fused-ring (bicyclic) bond motifs is 1. The minimum Gasteiger partial charge on any atom is -0.378 e. The smallest absolute Gasteiger partial charge is 0.221 e. The molecule has 0 bridgehead atoms. The minimum absolute atomic E-state index is 0. The fourth-order valence-corrected chi connectivity index (χ4v) is 2.55. The number of para-hydroxylation sites is 1. The first-order valence-corrected chi connectivity index (χ1v) is 7.23. The second kappa shape index (κ2) is 9.67. The predicted molar refractivity (Wildman–Crippen MR) is 95.3 cm³/mol. The zero-order valence-corrected chi connectivity index (χ0v) is 14.3. The van der Waals surface area contributed by atoms with E-state index in [2.05, 4.69) is 15.6 Å². The van der Waals surface area contributed by atoms with Crippen LogP contribution < -0.4 is 10.6 Å². The van der Waals surface area contributed by atoms with Crippen molar-refractivity contribution in [1.29, 1.82) is 0 Å². The fourth-order valence-electron chi connectivity index (χ4n) is 2.55. The van der Waals surface area contributed by atoms with Crippen LogP contribution in [0.2, 0.25) is 0 Å². The molecular weight excluding hydrogens is 337 g/mol. The van der Waals surface area contributed by atoms with Gasteiger partial charge in [0.15, 0.2) is 0 Å². The summed E-state index contributed by atoms with van der Waals surface area (Å²) in [5.41, 5.74) is 1.98. The van der Waals surface area contributed by atoms with Crippen molar-refractivity contribution in [2.75, 3.05) is 19.8 Å². The van der Waals surface area contributed by atoms with E-state index in [1.165, 1.54) is 0 Å². The van der Waals surface area contributed by atoms with Gasteiger partial charge in [0.25, 0.3) is 0 Å². The van der Waals surface area contributed by atoms with Gasteiger partial charge in [-0.05, 0) is 11.6 Å². The van der Waals surface area contributed by atoms with Crippen LogP contribution in [0, 0.1) is 0 Å². The summed E-state index contributed by atoms with van der Waals surface area (Å²) in [6, 6.07) is 10.1. The van der Waals surface area contributed by atoms with Crippen molar-refractivity contribution < 1.29 is 9.53 Å². The summed E-state index contributed by atoms with van der Waals surface area (Å²) in [6.07, 6.45) is 2.22. The Morgan fingerprint density at radius 1 is 1.30 bits per heavy atom. The van der Waals surface area contributed by atoms with E-state index in [1.807, 2.05) is 30.3 Å². The van der Waals surface area contributed by atoms with Crippen molar-refractivity contribution in [2.24, 2.45) is 0 Å². The molecule has 1 fully saturated rings. The lowest BCUT2D eigenvalue weighted by Gasteiger charge is -2.23. The molecule has 0 saturated carbocycles. The van der Waals surface area contributed by atoms with Crippen LogP contribution in [0.15, 0.2) is 36.5 Å². The number of hydrogen-bond donors (Lipinski definition) is 2. The molecule has 2 heterocycles. The number of hydrogen-bond acceptors (Lipinski definition) is 4. The molecule has 126 valence electrons. The van der Waals surface area contributed by atoms with E-state index in [0.717, 1.165) is 29.6 Å². The van der Waals surface area contributed by atoms with Gasteiger partial charge in [-0.1, -0.05) is 24.3 Å². The van der Waals surface area contributed by atoms with E-state index in [0.29, 0.717) is 19.6 Å². The van der Waals surface area contributed by atoms with Crippen LogP contribution in [0.1, 0.15) is 12.0 Å². The summed E-state index contributed by atoms with van der Waals surface area (Å²) in [7, 11) is 0. The van der Waals surface area contributed by atoms with Crippen molar-refractivity contribution in [3.8, 4) is 0 Å². The molecule has 2 N–H and O–H groups in total. The van der Waals surface area contributed by atoms with Crippen molar-refractivity contribution in [3.05, 3.63) is 42.1 Å². The van der Waals surface area contributed by atoms with Crippen LogP contribution in [-0.2, 0) is 16.1 Å². The molecule has 0 radical (unpaired) electrons. The van der Waals surface area contributed by atoms with E-state index in [9.17, 15) is 4.79 Å². The van der Waals surface area contributed by atoms with Crippen LogP contribution in [-0.4, -0.2) is 36.7 Å². The second-order valence-electron chi connectivity index (χ2n) is 5.20. The van der Waals surface area contributed by atoms with E-state index in [4.69, 9.17) is 4.74 Å². The Morgan fingerprint density at radius 2 is 2.13 bits per heavy atom. The lowest BCUT2D eigenvalue weighted by molar-refractivity contribution is -0.122. The van der Waals surface area contributed by atoms with Gasteiger partial charge in [0, 0.05) is 37.1 Å². The van der Waals surface area contributed by atoms with Crippen LogP contribution in [0.4, 0.5) is 0 Å². The maximum Gasteiger partial charge on any atom is 0.221 e. The number of nitrogens with one attached hydrogen (secondary N) is 2. The number of ether oxygens (including phenoxy) is 1. The van der Waals surface area contributed by atoms with Gasteiger partial charge in [0.05, 0.1) is 18.7 Å². The van der Waals surface area contributed by atoms with E-state index in [-0.39, 0.29) is 36.8 Å². The highest BCUT2D eigenvalue weighted by molar-refractivity contribution is 5.85. The van der Waals surface area contributed by atoms with Gasteiger partial charge in [-0.25, -0.2) is 0 Å². The van der Waals surface area contributed by atoms with Crippen LogP contribution in [0.25, 0.3) is 10.9 Å². The Bertz CT molecular complexity index is 628. The summed E-state index contributed by atoms with van der Waals surface area (Å²) in [5, 5.41) is 7.33. The lowest BCUT2D eigenvalue weighted by Crippen LogP contribution is -2.44. The molecule has 1 atom stereocenters. The molecule has 5 nitrogen and oxygen atoms in total. The van der Waals surface area contributed by atoms with Gasteiger partial charge < -0.3 is 15.4 Å². The van der Waals surface area contributed by atoms with Gasteiger partial charge in [0.2, 0.25) is 5.91 Å². The highest BCUT2D eigenvalue weighted by atomic mass is 35.5. The first-order chi connectivity index (χ1) is 10.3. The second-order valence-corrected chi connectivity index (χ2v) is 5.20. The largest absolute Gasteiger partial charge is 0.378 e. The molecule has 3 rings (SSSR count). The number of nitrogens with zero attached hydrogens (tertiary/aromatic N) is 1. The summed E-state index contributed by atoms with van der Waals surface area (Å²) < 4.78 is 5.35. The van der Waals surface area contributed by atoms with E-state index < -0.39 is 0 Å². The van der Waals surface area contributed by atoms with E-state index >= 15 is 0 Å². The summed E-state index contributed by atoms with van der Waals surface area (Å²) >= 11 is 0. The number of pyridine rings is 1. The molecule has 1 saturated heterocycles. The van der Waals surface area contributed by atoms with Crippen molar-refractivity contribution in [3.63, 3.8) is 0 Å². The molecule has 0 spiro atoms. The molecular formula is C16H21Cl2N3O2. The van der Waals surface area contributed by atoms with Crippen molar-refractivity contribution in [2.45, 2.75) is 19.0 Å². The third-order valence-corrected chi connectivity index (χ3v) is 3.62. The van der Waals surface area contributed by atoms with Crippen molar-refractivity contribution in [1.82, 2.24) is 15.6 Å². The number of amides is 1. The standard InChI is InChI=1S/C16H19N3O2.2ClH/c20-15(9-14-11-21-8-7-17-14)19-10-13-4-1-3-12-5-2-6-18-16(12)13;;/h1-6,14,17H,7-11H2,(H,19,20);2*1H. The van der Waals surface area contributed by atoms with Crippen LogP contribution in [0.3, 0.4) is 0 Å². The normalized spacial score (nSPS) is 17.0. The number of benzene rings is 1. The Balaban J connectivity index is 0.00000132. The molecule has 0 aliphatic carbocycles. The number of carbonyl (C=O) groups is 1. The third kappa shape index (κ3) is 5.32. The van der Waals surface area contributed by atoms with Crippen LogP contribution in [0.5, 0.6) is 0 Å². The average molecular weight is 358 g/mol. The quantitative estimate of drug-likeness (QED) is 0.879. The molecule has 2 aromatic rings. The zero-order valence-electron chi connectivity index (χ0n) is 12.7. The monoisotopic (exact) mass is 357 g/mol. The lowest BCUT2D eigenvalue weighted by atomic mass is 10.1. The van der Waals surface area contributed by atoms with Gasteiger partial charge >= 0.3 is 0 Å². The number of morpholine rings is 1. The fraction of sp³-hybridized carbons (Fsp3) is 0.375. The number of carbonyl (C=O) groups excluding carboxylic acids is 1. The first kappa shape index (κ1) is 19.6. The molecule has 1 aromatic heterocycles. The van der Waals surface area contributed by atoms with Gasteiger partial charge in [-0.3, -0.25) is 9.78 Å². The first-order valence-electron chi connectivity index (χ1n) is 7.23. The maximum absolute atomic E-state index is 12.0. The predicted octanol–water partition coefficient (Wildman–Crippen LogP) is 2.07. The number of halogens is 2. The Morgan fingerprint density at radius 3 is 2.91 bits per heavy atom. The Hall–Kier alpha value is -1.40. The topological polar surface area (TPSA) is 63.2 Å². The molecule has 7 heteroatoms. The summed E-state index contributed by atoms with van der Waals surface area (Å²) in [4.78, 5) is 16.4. The Kier molecular flexibility index (Phi) is 8.26. The molecule has 23 heavy (non-hydrogen) atoms. The molecule has 1 aromatic carbocycles.